The largest absolute Gasteiger partial charge is 0.353 e. The number of aromatic amines is 1. The van der Waals surface area contributed by atoms with Crippen LogP contribution < -0.4 is 5.32 Å². The maximum absolute atomic E-state index is 12.6. The summed E-state index contributed by atoms with van der Waals surface area (Å²) in [5.41, 5.74) is 6.74. The summed E-state index contributed by atoms with van der Waals surface area (Å²) in [6.45, 7) is 2.11. The number of carbonyl (C=O) groups excluding carboxylic acids is 1. The summed E-state index contributed by atoms with van der Waals surface area (Å²) in [4.78, 5) is 26.6. The summed E-state index contributed by atoms with van der Waals surface area (Å²) >= 11 is 1.64. The topological polar surface area (TPSA) is 70.7 Å². The molecule has 0 saturated heterocycles. The monoisotopic (exact) mass is 430 g/mol. The molecule has 1 amide bonds. The van der Waals surface area contributed by atoms with Gasteiger partial charge >= 0.3 is 0 Å². The molecule has 1 aromatic carbocycles. The standard InChI is InChI=1S/C25H26N4OS/c1-16-12-13-19-18(15-16)17(24(27-19)21-9-4-5-14-26-21)7-6-11-23(30)29-25-28-20-8-2-3-10-22(20)31-25/h4-5,9,12-15,27H,2-3,6-8,10-11H2,1H3,(H,28,29,30). The number of thiazole rings is 1. The molecule has 4 aromatic rings. The molecule has 0 bridgehead atoms. The van der Waals surface area contributed by atoms with Gasteiger partial charge in [-0.3, -0.25) is 9.78 Å². The third-order valence-electron chi connectivity index (χ3n) is 5.91. The highest BCUT2D eigenvalue weighted by Gasteiger charge is 2.17. The van der Waals surface area contributed by atoms with Crippen molar-refractivity contribution in [1.82, 2.24) is 15.0 Å². The van der Waals surface area contributed by atoms with Gasteiger partial charge in [-0.25, -0.2) is 4.98 Å². The van der Waals surface area contributed by atoms with Crippen LogP contribution in [0.15, 0.2) is 42.6 Å². The normalized spacial score (nSPS) is 13.3. The van der Waals surface area contributed by atoms with Gasteiger partial charge in [-0.05, 0) is 75.3 Å². The van der Waals surface area contributed by atoms with Crippen LogP contribution in [0.25, 0.3) is 22.3 Å². The highest BCUT2D eigenvalue weighted by Crippen LogP contribution is 2.32. The van der Waals surface area contributed by atoms with Crippen LogP contribution in [0, 0.1) is 6.92 Å². The van der Waals surface area contributed by atoms with Gasteiger partial charge in [0.25, 0.3) is 0 Å². The molecule has 3 heterocycles. The van der Waals surface area contributed by atoms with Crippen molar-refractivity contribution >= 4 is 33.3 Å². The average Bonchev–Trinajstić information content (AvgIpc) is 3.35. The van der Waals surface area contributed by atoms with E-state index in [4.69, 9.17) is 0 Å². The van der Waals surface area contributed by atoms with Gasteiger partial charge in [-0.2, -0.15) is 0 Å². The van der Waals surface area contributed by atoms with Crippen molar-refractivity contribution in [3.63, 3.8) is 0 Å². The third kappa shape index (κ3) is 4.26. The van der Waals surface area contributed by atoms with Crippen LogP contribution in [-0.2, 0) is 24.1 Å². The molecule has 0 fully saturated rings. The Bertz CT molecular complexity index is 1200. The SMILES string of the molecule is Cc1ccc2[nH]c(-c3ccccn3)c(CCCC(=O)Nc3nc4c(s3)CCCC4)c2c1. The number of H-pyrrole nitrogens is 1. The fraction of sp³-hybridized carbons (Fsp3) is 0.320. The first kappa shape index (κ1) is 19.9. The van der Waals surface area contributed by atoms with Gasteiger partial charge in [-0.1, -0.05) is 17.7 Å². The number of rotatable bonds is 6. The Morgan fingerprint density at radius 1 is 1.19 bits per heavy atom. The van der Waals surface area contributed by atoms with Gasteiger partial charge in [0, 0.05) is 28.4 Å². The fourth-order valence-corrected chi connectivity index (χ4v) is 5.43. The molecule has 0 atom stereocenters. The van der Waals surface area contributed by atoms with Crippen LogP contribution >= 0.6 is 11.3 Å². The highest BCUT2D eigenvalue weighted by atomic mass is 32.1. The fourth-order valence-electron chi connectivity index (χ4n) is 4.36. The van der Waals surface area contributed by atoms with Crippen LogP contribution in [0.1, 0.15) is 47.4 Å². The third-order valence-corrected chi connectivity index (χ3v) is 6.98. The molecule has 0 saturated carbocycles. The molecule has 5 rings (SSSR count). The van der Waals surface area contributed by atoms with E-state index in [1.54, 1.807) is 11.3 Å². The number of nitrogens with one attached hydrogen (secondary N) is 2. The molecule has 0 unspecified atom stereocenters. The second-order valence-electron chi connectivity index (χ2n) is 8.24. The van der Waals surface area contributed by atoms with Crippen molar-refractivity contribution < 1.29 is 4.79 Å². The maximum Gasteiger partial charge on any atom is 0.226 e. The molecule has 1 aliphatic carbocycles. The van der Waals surface area contributed by atoms with E-state index >= 15 is 0 Å². The maximum atomic E-state index is 12.6. The van der Waals surface area contributed by atoms with Crippen molar-refractivity contribution in [3.05, 3.63) is 64.3 Å². The summed E-state index contributed by atoms with van der Waals surface area (Å²) in [5, 5.41) is 4.99. The zero-order chi connectivity index (χ0) is 21.2. The van der Waals surface area contributed by atoms with E-state index < -0.39 is 0 Å². The number of aromatic nitrogens is 3. The molecule has 0 aliphatic heterocycles. The first-order valence-corrected chi connectivity index (χ1v) is 11.8. The van der Waals surface area contributed by atoms with Gasteiger partial charge in [0.1, 0.15) is 0 Å². The quantitative estimate of drug-likeness (QED) is 0.404. The van der Waals surface area contributed by atoms with Crippen LogP contribution in [0.3, 0.4) is 0 Å². The van der Waals surface area contributed by atoms with E-state index in [9.17, 15) is 4.79 Å². The first-order valence-electron chi connectivity index (χ1n) is 11.0. The number of amides is 1. The van der Waals surface area contributed by atoms with Gasteiger partial charge < -0.3 is 10.3 Å². The number of nitrogens with zero attached hydrogens (tertiary/aromatic N) is 2. The number of pyridine rings is 1. The van der Waals surface area contributed by atoms with E-state index in [0.29, 0.717) is 6.42 Å². The Hall–Kier alpha value is -2.99. The smallest absolute Gasteiger partial charge is 0.226 e. The lowest BCUT2D eigenvalue weighted by molar-refractivity contribution is -0.116. The number of benzene rings is 1. The highest BCUT2D eigenvalue weighted by molar-refractivity contribution is 7.15. The lowest BCUT2D eigenvalue weighted by Gasteiger charge is -2.06. The van der Waals surface area contributed by atoms with Crippen molar-refractivity contribution in [2.75, 3.05) is 5.32 Å². The predicted octanol–water partition coefficient (Wildman–Crippen LogP) is 5.84. The van der Waals surface area contributed by atoms with Crippen LogP contribution in [-0.4, -0.2) is 20.9 Å². The second kappa shape index (κ2) is 8.63. The summed E-state index contributed by atoms with van der Waals surface area (Å²) in [7, 11) is 0. The molecule has 0 spiro atoms. The Morgan fingerprint density at radius 3 is 2.94 bits per heavy atom. The minimum atomic E-state index is 0.0431. The van der Waals surface area contributed by atoms with Crippen molar-refractivity contribution in [2.45, 2.75) is 51.9 Å². The molecular formula is C25H26N4OS. The van der Waals surface area contributed by atoms with Crippen molar-refractivity contribution in [3.8, 4) is 11.4 Å². The van der Waals surface area contributed by atoms with E-state index in [1.165, 1.54) is 39.9 Å². The molecule has 5 nitrogen and oxygen atoms in total. The minimum Gasteiger partial charge on any atom is -0.353 e. The minimum absolute atomic E-state index is 0.0431. The van der Waals surface area contributed by atoms with E-state index in [2.05, 4.69) is 45.4 Å². The number of aryl methyl sites for hydroxylation is 4. The predicted molar refractivity (Wildman–Crippen MR) is 127 cm³/mol. The van der Waals surface area contributed by atoms with Gasteiger partial charge in [0.05, 0.1) is 17.1 Å². The second-order valence-corrected chi connectivity index (χ2v) is 9.32. The van der Waals surface area contributed by atoms with E-state index in [0.717, 1.165) is 47.7 Å². The zero-order valence-corrected chi connectivity index (χ0v) is 18.5. The molecule has 158 valence electrons. The Kier molecular flexibility index (Phi) is 5.55. The molecule has 0 radical (unpaired) electrons. The summed E-state index contributed by atoms with van der Waals surface area (Å²) < 4.78 is 0. The van der Waals surface area contributed by atoms with Crippen molar-refractivity contribution in [2.24, 2.45) is 0 Å². The number of hydrogen-bond donors (Lipinski definition) is 2. The summed E-state index contributed by atoms with van der Waals surface area (Å²) in [6, 6.07) is 12.4. The Morgan fingerprint density at radius 2 is 2.10 bits per heavy atom. The zero-order valence-electron chi connectivity index (χ0n) is 17.7. The average molecular weight is 431 g/mol. The number of fused-ring (bicyclic) bond motifs is 2. The molecule has 3 aromatic heterocycles. The van der Waals surface area contributed by atoms with E-state index in [1.807, 2.05) is 24.4 Å². The van der Waals surface area contributed by atoms with Crippen LogP contribution in [0.4, 0.5) is 5.13 Å². The van der Waals surface area contributed by atoms with Crippen molar-refractivity contribution in [1.29, 1.82) is 0 Å². The number of hydrogen-bond acceptors (Lipinski definition) is 4. The summed E-state index contributed by atoms with van der Waals surface area (Å²) in [5.74, 6) is 0.0431. The molecule has 2 N–H and O–H groups in total. The molecule has 31 heavy (non-hydrogen) atoms. The molecule has 1 aliphatic rings. The van der Waals surface area contributed by atoms with E-state index in [-0.39, 0.29) is 5.91 Å². The Labute approximate surface area is 186 Å². The summed E-state index contributed by atoms with van der Waals surface area (Å²) in [6.07, 6.45) is 8.45. The lowest BCUT2D eigenvalue weighted by Crippen LogP contribution is -2.11. The van der Waals surface area contributed by atoms with Crippen LogP contribution in [0.2, 0.25) is 0 Å². The van der Waals surface area contributed by atoms with Gasteiger partial charge in [0.2, 0.25) is 5.91 Å². The number of carbonyl (C=O) groups is 1. The van der Waals surface area contributed by atoms with Crippen LogP contribution in [0.5, 0.6) is 0 Å². The van der Waals surface area contributed by atoms with Gasteiger partial charge in [0.15, 0.2) is 5.13 Å². The lowest BCUT2D eigenvalue weighted by atomic mass is 10.0. The number of anilines is 1. The molecule has 6 heteroatoms. The Balaban J connectivity index is 1.30. The first-order chi connectivity index (χ1) is 15.2. The molecular weight excluding hydrogens is 404 g/mol. The van der Waals surface area contributed by atoms with Gasteiger partial charge in [-0.15, -0.1) is 11.3 Å².